The van der Waals surface area contributed by atoms with Crippen LogP contribution in [0.1, 0.15) is 5.56 Å². The third-order valence-corrected chi connectivity index (χ3v) is 4.54. The minimum Gasteiger partial charge on any atom is -0.487 e. The van der Waals surface area contributed by atoms with E-state index in [1.54, 1.807) is 0 Å². The molecule has 1 aromatic rings. The van der Waals surface area contributed by atoms with E-state index in [4.69, 9.17) is 10.5 Å². The molecule has 8 heteroatoms. The molecular weight excluding hydrogens is 283 g/mol. The second kappa shape index (κ2) is 4.68. The molecule has 0 amide bonds. The highest BCUT2D eigenvalue weighted by molar-refractivity contribution is 7.91. The number of para-hydroxylation sites is 1. The van der Waals surface area contributed by atoms with Crippen LogP contribution >= 0.6 is 0 Å². The Morgan fingerprint density at radius 3 is 2.37 bits per heavy atom. The molecule has 1 aliphatic rings. The van der Waals surface area contributed by atoms with Gasteiger partial charge in [-0.1, -0.05) is 12.1 Å². The first kappa shape index (κ1) is 14.1. The highest BCUT2D eigenvalue weighted by atomic mass is 32.2. The number of alkyl halides is 3. The largest absolute Gasteiger partial charge is 0.487 e. The normalized spacial score (nSPS) is 26.3. The molecule has 0 spiro atoms. The molecule has 1 aromatic carbocycles. The first-order valence-electron chi connectivity index (χ1n) is 5.48. The van der Waals surface area contributed by atoms with Crippen LogP contribution in [0.5, 0.6) is 5.75 Å². The van der Waals surface area contributed by atoms with E-state index in [1.807, 2.05) is 0 Å². The number of hydrogen-bond donors (Lipinski definition) is 1. The fourth-order valence-electron chi connectivity index (χ4n) is 1.93. The van der Waals surface area contributed by atoms with Gasteiger partial charge in [0.25, 0.3) is 0 Å². The topological polar surface area (TPSA) is 69.4 Å². The number of sulfone groups is 1. The predicted molar refractivity (Wildman–Crippen MR) is 62.5 cm³/mol. The van der Waals surface area contributed by atoms with E-state index >= 15 is 0 Å². The maximum atomic E-state index is 12.7. The van der Waals surface area contributed by atoms with Gasteiger partial charge in [-0.3, -0.25) is 0 Å². The van der Waals surface area contributed by atoms with Crippen LogP contribution < -0.4 is 10.5 Å². The smallest absolute Gasteiger partial charge is 0.419 e. The monoisotopic (exact) mass is 295 g/mol. The predicted octanol–water partition coefficient (Wildman–Crippen LogP) is 1.21. The van der Waals surface area contributed by atoms with Crippen LogP contribution in [-0.4, -0.2) is 32.1 Å². The van der Waals surface area contributed by atoms with Crippen LogP contribution in [0.4, 0.5) is 13.2 Å². The third-order valence-electron chi connectivity index (χ3n) is 2.81. The van der Waals surface area contributed by atoms with Gasteiger partial charge in [0.15, 0.2) is 9.84 Å². The molecule has 2 unspecified atom stereocenters. The minimum atomic E-state index is -4.56. The highest BCUT2D eigenvalue weighted by Crippen LogP contribution is 2.36. The Morgan fingerprint density at radius 2 is 1.84 bits per heavy atom. The summed E-state index contributed by atoms with van der Waals surface area (Å²) in [7, 11) is -3.34. The van der Waals surface area contributed by atoms with Gasteiger partial charge in [-0.25, -0.2) is 8.42 Å². The number of nitrogens with two attached hydrogens (primary N) is 1. The molecule has 0 aliphatic carbocycles. The summed E-state index contributed by atoms with van der Waals surface area (Å²) in [6.45, 7) is 0. The lowest BCUT2D eigenvalue weighted by Crippen LogP contribution is -2.37. The zero-order valence-corrected chi connectivity index (χ0v) is 10.5. The van der Waals surface area contributed by atoms with E-state index in [0.29, 0.717) is 0 Å². The van der Waals surface area contributed by atoms with E-state index in [2.05, 4.69) is 0 Å². The molecule has 1 saturated heterocycles. The van der Waals surface area contributed by atoms with Crippen LogP contribution in [0.15, 0.2) is 24.3 Å². The molecular formula is C11H12F3NO3S. The molecule has 0 saturated carbocycles. The molecule has 19 heavy (non-hydrogen) atoms. The third kappa shape index (κ3) is 3.19. The summed E-state index contributed by atoms with van der Waals surface area (Å²) < 4.78 is 66.1. The van der Waals surface area contributed by atoms with Gasteiger partial charge in [0.2, 0.25) is 0 Å². The molecule has 2 N–H and O–H groups in total. The highest BCUT2D eigenvalue weighted by Gasteiger charge is 2.39. The van der Waals surface area contributed by atoms with Crippen LogP contribution in [0.3, 0.4) is 0 Å². The van der Waals surface area contributed by atoms with Crippen LogP contribution in [0.25, 0.3) is 0 Å². The Hall–Kier alpha value is -1.28. The standard InChI is InChI=1S/C11H12F3NO3S/c12-11(13,14)7-3-1-2-4-9(7)18-10-6-19(16,17)5-8(10)15/h1-4,8,10H,5-6,15H2. The lowest BCUT2D eigenvalue weighted by molar-refractivity contribution is -0.139. The molecule has 1 aliphatic heterocycles. The molecule has 0 bridgehead atoms. The van der Waals surface area contributed by atoms with Crippen molar-refractivity contribution < 1.29 is 26.3 Å². The number of halogens is 3. The Balaban J connectivity index is 2.26. The number of hydrogen-bond acceptors (Lipinski definition) is 4. The van der Waals surface area contributed by atoms with Crippen molar-refractivity contribution >= 4 is 9.84 Å². The van der Waals surface area contributed by atoms with Gasteiger partial charge in [0, 0.05) is 0 Å². The molecule has 0 aromatic heterocycles. The van der Waals surface area contributed by atoms with E-state index in [9.17, 15) is 21.6 Å². The summed E-state index contributed by atoms with van der Waals surface area (Å²) in [4.78, 5) is 0. The molecule has 2 rings (SSSR count). The Labute approximate surface area is 108 Å². The van der Waals surface area contributed by atoms with Gasteiger partial charge in [0.1, 0.15) is 11.9 Å². The summed E-state index contributed by atoms with van der Waals surface area (Å²) in [5, 5.41) is 0. The van der Waals surface area contributed by atoms with E-state index < -0.39 is 39.5 Å². The van der Waals surface area contributed by atoms with Crippen molar-refractivity contribution in [2.45, 2.75) is 18.3 Å². The average Bonchev–Trinajstić information content (AvgIpc) is 2.51. The quantitative estimate of drug-likeness (QED) is 0.890. The molecule has 4 nitrogen and oxygen atoms in total. The maximum absolute atomic E-state index is 12.7. The zero-order chi connectivity index (χ0) is 14.3. The summed E-state index contributed by atoms with van der Waals surface area (Å²) in [5.74, 6) is -1.03. The van der Waals surface area contributed by atoms with E-state index in [-0.39, 0.29) is 11.5 Å². The van der Waals surface area contributed by atoms with Gasteiger partial charge in [-0.15, -0.1) is 0 Å². The lowest BCUT2D eigenvalue weighted by atomic mass is 10.2. The van der Waals surface area contributed by atoms with Crippen molar-refractivity contribution in [3.63, 3.8) is 0 Å². The summed E-state index contributed by atoms with van der Waals surface area (Å²) in [6, 6.07) is 3.84. The van der Waals surface area contributed by atoms with Crippen molar-refractivity contribution in [1.82, 2.24) is 0 Å². The first-order chi connectivity index (χ1) is 8.69. The number of benzene rings is 1. The Kier molecular flexibility index (Phi) is 3.48. The van der Waals surface area contributed by atoms with Crippen LogP contribution in [0.2, 0.25) is 0 Å². The molecule has 0 radical (unpaired) electrons. The molecule has 1 fully saturated rings. The van der Waals surface area contributed by atoms with Crippen molar-refractivity contribution in [2.75, 3.05) is 11.5 Å². The van der Waals surface area contributed by atoms with Gasteiger partial charge in [-0.05, 0) is 12.1 Å². The summed E-state index contributed by atoms with van der Waals surface area (Å²) >= 11 is 0. The number of rotatable bonds is 2. The van der Waals surface area contributed by atoms with Gasteiger partial charge < -0.3 is 10.5 Å². The molecule has 2 atom stereocenters. The van der Waals surface area contributed by atoms with Crippen molar-refractivity contribution in [3.05, 3.63) is 29.8 Å². The van der Waals surface area contributed by atoms with E-state index in [0.717, 1.165) is 12.1 Å². The number of ether oxygens (including phenoxy) is 1. The van der Waals surface area contributed by atoms with Crippen molar-refractivity contribution in [2.24, 2.45) is 5.73 Å². The zero-order valence-electron chi connectivity index (χ0n) is 9.72. The SMILES string of the molecule is NC1CS(=O)(=O)CC1Oc1ccccc1C(F)(F)F. The minimum absolute atomic E-state index is 0.272. The molecule has 1 heterocycles. The second-order valence-electron chi connectivity index (χ2n) is 4.39. The van der Waals surface area contributed by atoms with Crippen molar-refractivity contribution in [1.29, 1.82) is 0 Å². The van der Waals surface area contributed by atoms with Gasteiger partial charge in [-0.2, -0.15) is 13.2 Å². The first-order valence-corrected chi connectivity index (χ1v) is 7.30. The second-order valence-corrected chi connectivity index (χ2v) is 6.54. The van der Waals surface area contributed by atoms with Crippen molar-refractivity contribution in [3.8, 4) is 5.75 Å². The van der Waals surface area contributed by atoms with Crippen LogP contribution in [-0.2, 0) is 16.0 Å². The maximum Gasteiger partial charge on any atom is 0.419 e. The molecule has 106 valence electrons. The Bertz CT molecular complexity index is 571. The van der Waals surface area contributed by atoms with Crippen LogP contribution in [0, 0.1) is 0 Å². The van der Waals surface area contributed by atoms with E-state index in [1.165, 1.54) is 12.1 Å². The summed E-state index contributed by atoms with van der Waals surface area (Å²) in [5.41, 5.74) is 4.64. The fourth-order valence-corrected chi connectivity index (χ4v) is 3.68. The van der Waals surface area contributed by atoms with Gasteiger partial charge in [0.05, 0.1) is 23.1 Å². The van der Waals surface area contributed by atoms with Gasteiger partial charge >= 0.3 is 6.18 Å². The lowest BCUT2D eigenvalue weighted by Gasteiger charge is -2.19. The fraction of sp³-hybridized carbons (Fsp3) is 0.455. The summed E-state index contributed by atoms with van der Waals surface area (Å²) in [6.07, 6.45) is -5.51. The Morgan fingerprint density at radius 1 is 1.21 bits per heavy atom. The average molecular weight is 295 g/mol.